The zero-order chi connectivity index (χ0) is 17.0. The molecule has 0 unspecified atom stereocenters. The molecule has 0 saturated heterocycles. The summed E-state index contributed by atoms with van der Waals surface area (Å²) in [5, 5.41) is 3.71. The van der Waals surface area contributed by atoms with Gasteiger partial charge in [0.05, 0.1) is 6.42 Å². The standard InChI is InChI=1S/C12H12F3N5O2S/c13-12(14,15)5-18-10(17)20-11-19-7(4-23-11)8-2-1-6(22-8)3-9(16)21/h1-2,4H,3,5H2,(H2,16,21)(H3,17,18,19,20). The van der Waals surface area contributed by atoms with E-state index in [-0.39, 0.29) is 11.6 Å². The minimum atomic E-state index is -4.39. The Morgan fingerprint density at radius 3 is 2.78 bits per heavy atom. The van der Waals surface area contributed by atoms with E-state index in [2.05, 4.69) is 9.98 Å². The van der Waals surface area contributed by atoms with Crippen LogP contribution in [0.1, 0.15) is 5.76 Å². The number of hydrogen-bond donors (Lipinski definition) is 3. The molecule has 0 saturated carbocycles. The summed E-state index contributed by atoms with van der Waals surface area (Å²) in [4.78, 5) is 18.6. The van der Waals surface area contributed by atoms with Gasteiger partial charge in [0.25, 0.3) is 0 Å². The van der Waals surface area contributed by atoms with E-state index >= 15 is 0 Å². The van der Waals surface area contributed by atoms with E-state index in [0.717, 1.165) is 11.3 Å². The first-order chi connectivity index (χ1) is 10.7. The number of carbonyl (C=O) groups is 1. The first-order valence-electron chi connectivity index (χ1n) is 6.20. The first kappa shape index (κ1) is 16.8. The fraction of sp³-hybridized carbons (Fsp3) is 0.250. The van der Waals surface area contributed by atoms with Gasteiger partial charge in [0.2, 0.25) is 11.0 Å². The van der Waals surface area contributed by atoms with E-state index < -0.39 is 24.6 Å². The molecule has 5 N–H and O–H groups in total. The second-order valence-electron chi connectivity index (χ2n) is 4.39. The van der Waals surface area contributed by atoms with Gasteiger partial charge in [-0.15, -0.1) is 11.3 Å². The monoisotopic (exact) mass is 347 g/mol. The van der Waals surface area contributed by atoms with Crippen LogP contribution < -0.4 is 16.8 Å². The minimum Gasteiger partial charge on any atom is -0.459 e. The fourth-order valence-corrected chi connectivity index (χ4v) is 2.23. The summed E-state index contributed by atoms with van der Waals surface area (Å²) in [6, 6.07) is 3.19. The molecule has 2 aromatic heterocycles. The van der Waals surface area contributed by atoms with Crippen LogP contribution >= 0.6 is 11.3 Å². The molecule has 0 radical (unpaired) electrons. The smallest absolute Gasteiger partial charge is 0.405 e. The van der Waals surface area contributed by atoms with Crippen molar-refractivity contribution >= 4 is 28.3 Å². The fourth-order valence-electron chi connectivity index (χ4n) is 1.54. The summed E-state index contributed by atoms with van der Waals surface area (Å²) < 4.78 is 41.5. The molecule has 2 aromatic rings. The molecule has 0 aliphatic heterocycles. The van der Waals surface area contributed by atoms with E-state index in [4.69, 9.17) is 15.9 Å². The predicted molar refractivity (Wildman–Crippen MR) is 78.1 cm³/mol. The number of nitrogens with zero attached hydrogens (tertiary/aromatic N) is 2. The Balaban J connectivity index is 2.05. The second kappa shape index (κ2) is 6.69. The Kier molecular flexibility index (Phi) is 4.89. The molecule has 124 valence electrons. The number of primary amides is 1. The van der Waals surface area contributed by atoms with Crippen LogP contribution in [0.5, 0.6) is 0 Å². The van der Waals surface area contributed by atoms with E-state index in [1.54, 1.807) is 17.5 Å². The van der Waals surface area contributed by atoms with E-state index in [0.29, 0.717) is 17.2 Å². The summed E-state index contributed by atoms with van der Waals surface area (Å²) in [6.07, 6.45) is -4.43. The van der Waals surface area contributed by atoms with Crippen molar-refractivity contribution in [3.63, 3.8) is 0 Å². The second-order valence-corrected chi connectivity index (χ2v) is 5.23. The van der Waals surface area contributed by atoms with Crippen molar-refractivity contribution in [3.05, 3.63) is 23.3 Å². The third-order valence-corrected chi connectivity index (χ3v) is 3.18. The molecule has 0 bridgehead atoms. The quantitative estimate of drug-likeness (QED) is 0.560. The number of carbonyl (C=O) groups excluding carboxylic acids is 1. The van der Waals surface area contributed by atoms with Gasteiger partial charge in [-0.05, 0) is 12.1 Å². The minimum absolute atomic E-state index is 0.0382. The zero-order valence-corrected chi connectivity index (χ0v) is 12.4. The number of alkyl halides is 3. The van der Waals surface area contributed by atoms with Crippen molar-refractivity contribution in [1.29, 1.82) is 0 Å². The van der Waals surface area contributed by atoms with Crippen molar-refractivity contribution in [2.75, 3.05) is 6.54 Å². The third-order valence-electron chi connectivity index (χ3n) is 2.44. The normalized spacial score (nSPS) is 12.4. The lowest BCUT2D eigenvalue weighted by Gasteiger charge is -2.07. The van der Waals surface area contributed by atoms with Crippen LogP contribution in [0.3, 0.4) is 0 Å². The lowest BCUT2D eigenvalue weighted by Crippen LogP contribution is -2.38. The number of hydrogen-bond acceptors (Lipinski definition) is 5. The van der Waals surface area contributed by atoms with Crippen molar-refractivity contribution < 1.29 is 22.4 Å². The number of halogens is 3. The van der Waals surface area contributed by atoms with Gasteiger partial charge in [-0.3, -0.25) is 4.79 Å². The number of nitrogens with one attached hydrogen (secondary N) is 1. The van der Waals surface area contributed by atoms with Gasteiger partial charge >= 0.3 is 6.18 Å². The maximum atomic E-state index is 12.0. The molecule has 23 heavy (non-hydrogen) atoms. The maximum Gasteiger partial charge on any atom is 0.405 e. The lowest BCUT2D eigenvalue weighted by molar-refractivity contribution is -0.122. The van der Waals surface area contributed by atoms with E-state index in [1.165, 1.54) is 0 Å². The number of guanidine groups is 1. The topological polar surface area (TPSA) is 120 Å². The molecule has 1 amide bonds. The largest absolute Gasteiger partial charge is 0.459 e. The lowest BCUT2D eigenvalue weighted by atomic mass is 10.3. The Bertz CT molecular complexity index is 722. The Morgan fingerprint density at radius 2 is 2.13 bits per heavy atom. The molecule has 2 rings (SSSR count). The van der Waals surface area contributed by atoms with Gasteiger partial charge in [-0.2, -0.15) is 18.2 Å². The highest BCUT2D eigenvalue weighted by atomic mass is 32.1. The van der Waals surface area contributed by atoms with Gasteiger partial charge in [-0.25, -0.2) is 4.98 Å². The van der Waals surface area contributed by atoms with E-state index in [1.807, 2.05) is 5.32 Å². The van der Waals surface area contributed by atoms with Crippen molar-refractivity contribution in [2.45, 2.75) is 12.6 Å². The number of thiazole rings is 1. The molecular weight excluding hydrogens is 335 g/mol. The molecular formula is C12H12F3N5O2S. The van der Waals surface area contributed by atoms with Gasteiger partial charge in [-0.1, -0.05) is 0 Å². The van der Waals surface area contributed by atoms with Crippen LogP contribution in [0.25, 0.3) is 11.5 Å². The maximum absolute atomic E-state index is 12.0. The number of nitrogens with two attached hydrogens (primary N) is 2. The number of rotatable bonds is 5. The predicted octanol–water partition coefficient (Wildman–Crippen LogP) is 1.53. The van der Waals surface area contributed by atoms with Gasteiger partial charge < -0.3 is 21.2 Å². The highest BCUT2D eigenvalue weighted by Gasteiger charge is 2.26. The van der Waals surface area contributed by atoms with Gasteiger partial charge in [0, 0.05) is 5.38 Å². The Labute approximate surface area is 132 Å². The van der Waals surface area contributed by atoms with Crippen LogP contribution in [0.15, 0.2) is 26.9 Å². The van der Waals surface area contributed by atoms with Crippen LogP contribution in [0.4, 0.5) is 18.3 Å². The van der Waals surface area contributed by atoms with Gasteiger partial charge in [0.15, 0.2) is 11.7 Å². The van der Waals surface area contributed by atoms with Crippen LogP contribution in [-0.4, -0.2) is 29.6 Å². The van der Waals surface area contributed by atoms with Crippen molar-refractivity contribution in [3.8, 4) is 11.5 Å². The number of aromatic nitrogens is 1. The molecule has 2 heterocycles. The summed E-state index contributed by atoms with van der Waals surface area (Å²) in [7, 11) is 0. The zero-order valence-electron chi connectivity index (χ0n) is 11.6. The highest BCUT2D eigenvalue weighted by Crippen LogP contribution is 2.28. The van der Waals surface area contributed by atoms with E-state index in [9.17, 15) is 18.0 Å². The highest BCUT2D eigenvalue weighted by molar-refractivity contribution is 7.13. The molecule has 0 atom stereocenters. The van der Waals surface area contributed by atoms with Crippen LogP contribution in [-0.2, 0) is 11.2 Å². The molecule has 0 spiro atoms. The molecule has 11 heteroatoms. The summed E-state index contributed by atoms with van der Waals surface area (Å²) in [5.74, 6) is -0.146. The third kappa shape index (κ3) is 5.29. The average Bonchev–Trinajstić information content (AvgIpc) is 3.04. The Hall–Kier alpha value is -2.56. The average molecular weight is 347 g/mol. The van der Waals surface area contributed by atoms with Crippen molar-refractivity contribution in [2.24, 2.45) is 16.5 Å². The summed E-state index contributed by atoms with van der Waals surface area (Å²) in [5.41, 5.74) is 10.8. The number of aliphatic imine (C=N–C) groups is 1. The summed E-state index contributed by atoms with van der Waals surface area (Å²) >= 11 is 1.08. The van der Waals surface area contributed by atoms with Crippen LogP contribution in [0.2, 0.25) is 0 Å². The van der Waals surface area contributed by atoms with Crippen molar-refractivity contribution in [1.82, 2.24) is 10.3 Å². The SMILES string of the molecule is NC(=O)Cc1ccc(-c2csc(/N=C(\N)NCC(F)(F)F)n2)o1. The molecule has 0 aliphatic carbocycles. The first-order valence-corrected chi connectivity index (χ1v) is 7.08. The molecule has 0 fully saturated rings. The molecule has 0 aromatic carbocycles. The van der Waals surface area contributed by atoms with Crippen LogP contribution in [0, 0.1) is 0 Å². The Morgan fingerprint density at radius 1 is 1.39 bits per heavy atom. The number of amides is 1. The number of furan rings is 1. The molecule has 0 aliphatic rings. The summed E-state index contributed by atoms with van der Waals surface area (Å²) in [6.45, 7) is -1.28. The molecule has 7 nitrogen and oxygen atoms in total. The van der Waals surface area contributed by atoms with Gasteiger partial charge in [0.1, 0.15) is 18.0 Å².